The Hall–Kier alpha value is -2.39. The number of carbonyl (C=O) groups is 3. The summed E-state index contributed by atoms with van der Waals surface area (Å²) in [5.41, 5.74) is 6.71. The zero-order valence-corrected chi connectivity index (χ0v) is 17.5. The first-order valence-corrected chi connectivity index (χ1v) is 9.72. The van der Waals surface area contributed by atoms with E-state index in [0.29, 0.717) is 10.6 Å². The number of hydrazine groups is 1. The van der Waals surface area contributed by atoms with Gasteiger partial charge in [-0.1, -0.05) is 6.07 Å². The molecule has 0 aliphatic heterocycles. The van der Waals surface area contributed by atoms with E-state index >= 15 is 0 Å². The van der Waals surface area contributed by atoms with Crippen LogP contribution in [0.4, 0.5) is 0 Å². The minimum Gasteiger partial charge on any atom is -0.484 e. The third-order valence-corrected chi connectivity index (χ3v) is 5.33. The maximum absolute atomic E-state index is 12.0. The molecule has 1 atom stereocenters. The molecule has 1 aromatic heterocycles. The molecule has 0 bridgehead atoms. The Kier molecular flexibility index (Phi) is 7.37. The van der Waals surface area contributed by atoms with Gasteiger partial charge in [0.2, 0.25) is 0 Å². The molecule has 1 unspecified atom stereocenters. The molecule has 0 saturated carbocycles. The maximum Gasteiger partial charge on any atom is 0.276 e. The molecule has 7 nitrogen and oxygen atoms in total. The minimum absolute atomic E-state index is 0.243. The van der Waals surface area contributed by atoms with Crippen molar-refractivity contribution in [3.05, 3.63) is 50.1 Å². The number of halogens is 1. The highest BCUT2D eigenvalue weighted by atomic mass is 79.9. The largest absolute Gasteiger partial charge is 0.484 e. The first-order valence-electron chi connectivity index (χ1n) is 8.11. The van der Waals surface area contributed by atoms with Crippen molar-refractivity contribution in [1.29, 1.82) is 0 Å². The summed E-state index contributed by atoms with van der Waals surface area (Å²) < 4.78 is 6.21. The van der Waals surface area contributed by atoms with Crippen molar-refractivity contribution in [2.45, 2.75) is 26.8 Å². The van der Waals surface area contributed by atoms with E-state index in [9.17, 15) is 14.4 Å². The van der Waals surface area contributed by atoms with E-state index in [2.05, 4.69) is 32.1 Å². The quantitative estimate of drug-likeness (QED) is 0.585. The zero-order chi connectivity index (χ0) is 20.0. The normalized spacial score (nSPS) is 11.4. The summed E-state index contributed by atoms with van der Waals surface area (Å²) in [6.45, 7) is 5.21. The van der Waals surface area contributed by atoms with Gasteiger partial charge in [0.25, 0.3) is 17.7 Å². The Bertz CT molecular complexity index is 853. The summed E-state index contributed by atoms with van der Waals surface area (Å²) >= 11 is 4.54. The van der Waals surface area contributed by atoms with Gasteiger partial charge in [-0.3, -0.25) is 25.2 Å². The molecule has 27 heavy (non-hydrogen) atoms. The second-order valence-electron chi connectivity index (χ2n) is 5.87. The summed E-state index contributed by atoms with van der Waals surface area (Å²) in [4.78, 5) is 36.3. The zero-order valence-electron chi connectivity index (χ0n) is 15.1. The van der Waals surface area contributed by atoms with Crippen molar-refractivity contribution in [1.82, 2.24) is 16.2 Å². The third kappa shape index (κ3) is 6.37. The number of nitrogens with one attached hydrogen (secondary N) is 3. The minimum atomic E-state index is -0.820. The van der Waals surface area contributed by atoms with Crippen molar-refractivity contribution in [3.63, 3.8) is 0 Å². The van der Waals surface area contributed by atoms with Crippen LogP contribution in [0.15, 0.2) is 34.1 Å². The van der Waals surface area contributed by atoms with Gasteiger partial charge in [0, 0.05) is 0 Å². The second kappa shape index (κ2) is 9.52. The Morgan fingerprint density at radius 1 is 1.11 bits per heavy atom. The summed E-state index contributed by atoms with van der Waals surface area (Å²) in [6.07, 6.45) is 0. The molecule has 0 aliphatic rings. The fraction of sp³-hybridized carbons (Fsp3) is 0.278. The summed E-state index contributed by atoms with van der Waals surface area (Å²) in [5.74, 6) is -0.846. The molecule has 144 valence electrons. The molecule has 2 aromatic rings. The van der Waals surface area contributed by atoms with Gasteiger partial charge in [-0.2, -0.15) is 0 Å². The Labute approximate surface area is 169 Å². The fourth-order valence-electron chi connectivity index (χ4n) is 2.00. The van der Waals surface area contributed by atoms with Crippen LogP contribution in [-0.2, 0) is 9.59 Å². The predicted molar refractivity (Wildman–Crippen MR) is 107 cm³/mol. The predicted octanol–water partition coefficient (Wildman–Crippen LogP) is 2.47. The first-order chi connectivity index (χ1) is 12.8. The van der Waals surface area contributed by atoms with Crippen molar-refractivity contribution in [2.75, 3.05) is 6.61 Å². The number of benzene rings is 1. The van der Waals surface area contributed by atoms with Gasteiger partial charge < -0.3 is 10.1 Å². The number of hydrogen-bond acceptors (Lipinski definition) is 5. The van der Waals surface area contributed by atoms with Gasteiger partial charge in [-0.15, -0.1) is 11.3 Å². The van der Waals surface area contributed by atoms with Crippen LogP contribution in [0.3, 0.4) is 0 Å². The number of hydrogen-bond donors (Lipinski definition) is 3. The summed E-state index contributed by atoms with van der Waals surface area (Å²) in [5, 5.41) is 2.56. The van der Waals surface area contributed by atoms with Gasteiger partial charge in [-0.25, -0.2) is 0 Å². The number of aryl methyl sites for hydroxylation is 2. The molecule has 3 N–H and O–H groups in total. The Morgan fingerprint density at radius 2 is 1.85 bits per heavy atom. The van der Waals surface area contributed by atoms with Gasteiger partial charge in [-0.05, 0) is 72.1 Å². The topological polar surface area (TPSA) is 96.5 Å². The average molecular weight is 454 g/mol. The van der Waals surface area contributed by atoms with Gasteiger partial charge >= 0.3 is 0 Å². The molecular formula is C18H20BrN3O4S. The molecule has 0 radical (unpaired) electrons. The van der Waals surface area contributed by atoms with Gasteiger partial charge in [0.15, 0.2) is 6.61 Å². The van der Waals surface area contributed by atoms with Crippen LogP contribution in [0.2, 0.25) is 0 Å². The lowest BCUT2D eigenvalue weighted by Gasteiger charge is -2.14. The van der Waals surface area contributed by atoms with Crippen LogP contribution in [0.25, 0.3) is 0 Å². The van der Waals surface area contributed by atoms with E-state index in [0.717, 1.165) is 14.9 Å². The number of carbonyl (C=O) groups excluding carboxylic acids is 3. The van der Waals surface area contributed by atoms with E-state index in [1.54, 1.807) is 18.2 Å². The van der Waals surface area contributed by atoms with E-state index in [1.807, 2.05) is 26.0 Å². The van der Waals surface area contributed by atoms with Gasteiger partial charge in [0.05, 0.1) is 8.66 Å². The SMILES string of the molecule is Cc1ccc(OCC(=O)NNC(=O)C(C)NC(=O)c2ccc(Br)s2)cc1C. The smallest absolute Gasteiger partial charge is 0.276 e. The summed E-state index contributed by atoms with van der Waals surface area (Å²) in [6, 6.07) is 8.09. The highest BCUT2D eigenvalue weighted by Crippen LogP contribution is 2.21. The third-order valence-electron chi connectivity index (χ3n) is 3.71. The highest BCUT2D eigenvalue weighted by Gasteiger charge is 2.18. The van der Waals surface area contributed by atoms with E-state index < -0.39 is 17.9 Å². The van der Waals surface area contributed by atoms with Crippen LogP contribution >= 0.6 is 27.3 Å². The Balaban J connectivity index is 1.74. The molecular weight excluding hydrogens is 434 g/mol. The van der Waals surface area contributed by atoms with Crippen LogP contribution in [0.5, 0.6) is 5.75 Å². The Morgan fingerprint density at radius 3 is 2.48 bits per heavy atom. The molecule has 2 rings (SSSR count). The van der Waals surface area contributed by atoms with E-state index in [4.69, 9.17) is 4.74 Å². The lowest BCUT2D eigenvalue weighted by molar-refractivity contribution is -0.130. The van der Waals surface area contributed by atoms with E-state index in [1.165, 1.54) is 18.3 Å². The molecule has 1 aromatic carbocycles. The van der Waals surface area contributed by atoms with Crippen LogP contribution < -0.4 is 20.9 Å². The van der Waals surface area contributed by atoms with Crippen molar-refractivity contribution >= 4 is 45.0 Å². The molecule has 0 aliphatic carbocycles. The lowest BCUT2D eigenvalue weighted by Crippen LogP contribution is -2.51. The molecule has 1 heterocycles. The first kappa shape index (κ1) is 20.9. The van der Waals surface area contributed by atoms with Crippen molar-refractivity contribution in [2.24, 2.45) is 0 Å². The molecule has 9 heteroatoms. The molecule has 3 amide bonds. The van der Waals surface area contributed by atoms with Crippen molar-refractivity contribution < 1.29 is 19.1 Å². The average Bonchev–Trinajstić information content (AvgIpc) is 3.07. The fourth-order valence-corrected chi connectivity index (χ4v) is 3.29. The monoisotopic (exact) mass is 453 g/mol. The van der Waals surface area contributed by atoms with Gasteiger partial charge in [0.1, 0.15) is 11.8 Å². The molecule has 0 spiro atoms. The maximum atomic E-state index is 12.0. The number of rotatable bonds is 6. The number of ether oxygens (including phenoxy) is 1. The van der Waals surface area contributed by atoms with Crippen LogP contribution in [-0.4, -0.2) is 30.4 Å². The second-order valence-corrected chi connectivity index (χ2v) is 8.33. The van der Waals surface area contributed by atoms with E-state index in [-0.39, 0.29) is 12.5 Å². The van der Waals surface area contributed by atoms with Crippen LogP contribution in [0, 0.1) is 13.8 Å². The number of amides is 3. The summed E-state index contributed by atoms with van der Waals surface area (Å²) in [7, 11) is 0. The molecule has 0 saturated heterocycles. The van der Waals surface area contributed by atoms with Crippen LogP contribution in [0.1, 0.15) is 27.7 Å². The highest BCUT2D eigenvalue weighted by molar-refractivity contribution is 9.11. The number of thiophene rings is 1. The lowest BCUT2D eigenvalue weighted by atomic mass is 10.1. The van der Waals surface area contributed by atoms with Crippen molar-refractivity contribution in [3.8, 4) is 5.75 Å². The molecule has 0 fully saturated rings. The standard InChI is InChI=1S/C18H20BrN3O4S/c1-10-4-5-13(8-11(10)2)26-9-16(23)21-22-17(24)12(3)20-18(25)14-6-7-15(19)27-14/h4-8,12H,9H2,1-3H3,(H,20,25)(H,21,23)(H,22,24).